The minimum Gasteiger partial charge on any atom is -0.490 e. The van der Waals surface area contributed by atoms with Crippen molar-refractivity contribution in [3.63, 3.8) is 0 Å². The third-order valence-electron chi connectivity index (χ3n) is 6.50. The van der Waals surface area contributed by atoms with Gasteiger partial charge in [0.2, 0.25) is 5.82 Å². The van der Waals surface area contributed by atoms with E-state index >= 15 is 0 Å². The summed E-state index contributed by atoms with van der Waals surface area (Å²) < 4.78 is 34.0. The van der Waals surface area contributed by atoms with Gasteiger partial charge in [0.25, 0.3) is 0 Å². The number of halogens is 2. The molecule has 0 spiro atoms. The lowest BCUT2D eigenvalue weighted by atomic mass is 9.78. The second-order valence-electron chi connectivity index (χ2n) is 8.92. The van der Waals surface area contributed by atoms with Crippen LogP contribution in [-0.4, -0.2) is 16.8 Å². The summed E-state index contributed by atoms with van der Waals surface area (Å²) in [5.41, 5.74) is 1.37. The van der Waals surface area contributed by atoms with Crippen molar-refractivity contribution in [2.45, 2.75) is 84.5 Å². The van der Waals surface area contributed by atoms with E-state index in [0.717, 1.165) is 36.8 Å². The fourth-order valence-corrected chi connectivity index (χ4v) is 4.53. The molecule has 1 aromatic carbocycles. The quantitative estimate of drug-likeness (QED) is 0.346. The minimum absolute atomic E-state index is 0.0623. The van der Waals surface area contributed by atoms with Crippen molar-refractivity contribution in [2.24, 2.45) is 11.8 Å². The van der Waals surface area contributed by atoms with Crippen LogP contribution in [0.1, 0.15) is 83.7 Å². The zero-order valence-electron chi connectivity index (χ0n) is 19.0. The predicted molar refractivity (Wildman–Crippen MR) is 121 cm³/mol. The zero-order valence-corrected chi connectivity index (χ0v) is 19.0. The summed E-state index contributed by atoms with van der Waals surface area (Å²) in [4.78, 5) is 0. The van der Waals surface area contributed by atoms with E-state index in [4.69, 9.17) is 4.74 Å². The monoisotopic (exact) mass is 430 g/mol. The first-order valence-corrected chi connectivity index (χ1v) is 12.1. The molecule has 1 fully saturated rings. The Kier molecular flexibility index (Phi) is 9.23. The molecule has 0 bridgehead atoms. The number of benzene rings is 1. The molecule has 0 aliphatic heterocycles. The molecular formula is C26H36F2N2O. The molecule has 1 heterocycles. The maximum atomic E-state index is 14.5. The second-order valence-corrected chi connectivity index (χ2v) is 8.92. The van der Waals surface area contributed by atoms with Crippen LogP contribution in [0.4, 0.5) is 8.78 Å². The Bertz CT molecular complexity index is 802. The Morgan fingerprint density at radius 3 is 2.23 bits per heavy atom. The molecule has 0 saturated heterocycles. The standard InChI is InChI=1S/C26H36F2N2O/c1-3-5-6-7-19-8-10-20(11-9-19)12-13-21-14-16-23(30-29-21)22-15-17-24(31-18-4-2)26(28)25(22)27/h14-17,19-20H,3-13,18H2,1-2H3. The molecule has 0 atom stereocenters. The molecule has 0 N–H and O–H groups in total. The van der Waals surface area contributed by atoms with Crippen molar-refractivity contribution in [1.82, 2.24) is 10.2 Å². The van der Waals surface area contributed by atoms with Crippen LogP contribution < -0.4 is 4.74 Å². The summed E-state index contributed by atoms with van der Waals surface area (Å²) in [7, 11) is 0. The van der Waals surface area contributed by atoms with Crippen molar-refractivity contribution >= 4 is 0 Å². The van der Waals surface area contributed by atoms with Crippen molar-refractivity contribution in [3.8, 4) is 17.0 Å². The number of hydrogen-bond donors (Lipinski definition) is 0. The average Bonchev–Trinajstić information content (AvgIpc) is 2.80. The molecule has 1 saturated carbocycles. The highest BCUT2D eigenvalue weighted by Gasteiger charge is 2.21. The van der Waals surface area contributed by atoms with Gasteiger partial charge in [-0.05, 0) is 55.4 Å². The SMILES string of the molecule is CCCCCC1CCC(CCc2ccc(-c3ccc(OCCC)c(F)c3F)nn2)CC1. The van der Waals surface area contributed by atoms with Crippen LogP contribution in [0.25, 0.3) is 11.3 Å². The summed E-state index contributed by atoms with van der Waals surface area (Å²) in [6, 6.07) is 6.58. The molecule has 1 aliphatic rings. The number of aryl methyl sites for hydroxylation is 1. The lowest BCUT2D eigenvalue weighted by molar-refractivity contribution is 0.248. The smallest absolute Gasteiger partial charge is 0.201 e. The molecule has 2 aromatic rings. The fourth-order valence-electron chi connectivity index (χ4n) is 4.53. The lowest BCUT2D eigenvalue weighted by Crippen LogP contribution is -2.15. The Balaban J connectivity index is 1.50. The number of aromatic nitrogens is 2. The first-order chi connectivity index (χ1) is 15.1. The van der Waals surface area contributed by atoms with Crippen LogP contribution >= 0.6 is 0 Å². The van der Waals surface area contributed by atoms with Gasteiger partial charge in [-0.3, -0.25) is 0 Å². The maximum Gasteiger partial charge on any atom is 0.201 e. The van der Waals surface area contributed by atoms with Crippen LogP contribution in [0.15, 0.2) is 24.3 Å². The van der Waals surface area contributed by atoms with Gasteiger partial charge in [-0.2, -0.15) is 14.6 Å². The van der Waals surface area contributed by atoms with Gasteiger partial charge < -0.3 is 4.74 Å². The topological polar surface area (TPSA) is 35.0 Å². The van der Waals surface area contributed by atoms with E-state index in [1.807, 2.05) is 13.0 Å². The molecule has 3 nitrogen and oxygen atoms in total. The third-order valence-corrected chi connectivity index (χ3v) is 6.50. The molecule has 1 aliphatic carbocycles. The van der Waals surface area contributed by atoms with E-state index in [1.54, 1.807) is 6.07 Å². The molecule has 1 aromatic heterocycles. The zero-order chi connectivity index (χ0) is 22.1. The first kappa shape index (κ1) is 23.6. The van der Waals surface area contributed by atoms with Gasteiger partial charge in [0.05, 0.1) is 18.0 Å². The van der Waals surface area contributed by atoms with Gasteiger partial charge in [0.15, 0.2) is 11.6 Å². The Labute approximate surface area is 185 Å². The molecule has 170 valence electrons. The average molecular weight is 431 g/mol. The van der Waals surface area contributed by atoms with Gasteiger partial charge in [0.1, 0.15) is 0 Å². The van der Waals surface area contributed by atoms with Crippen molar-refractivity contribution in [3.05, 3.63) is 41.6 Å². The molecule has 3 rings (SSSR count). The maximum absolute atomic E-state index is 14.5. The van der Waals surface area contributed by atoms with Gasteiger partial charge in [-0.25, -0.2) is 4.39 Å². The molecular weight excluding hydrogens is 394 g/mol. The van der Waals surface area contributed by atoms with Crippen molar-refractivity contribution in [1.29, 1.82) is 0 Å². The molecule has 0 amide bonds. The fraction of sp³-hybridized carbons (Fsp3) is 0.615. The van der Waals surface area contributed by atoms with Crippen LogP contribution in [0.3, 0.4) is 0 Å². The molecule has 31 heavy (non-hydrogen) atoms. The van der Waals surface area contributed by atoms with Crippen molar-refractivity contribution < 1.29 is 13.5 Å². The van der Waals surface area contributed by atoms with Crippen molar-refractivity contribution in [2.75, 3.05) is 6.61 Å². The van der Waals surface area contributed by atoms with Crippen LogP contribution in [0.2, 0.25) is 0 Å². The molecule has 5 heteroatoms. The number of hydrogen-bond acceptors (Lipinski definition) is 3. The Morgan fingerprint density at radius 1 is 0.839 bits per heavy atom. The summed E-state index contributed by atoms with van der Waals surface area (Å²) in [5.74, 6) is -0.275. The van der Waals surface area contributed by atoms with E-state index in [2.05, 4.69) is 17.1 Å². The summed E-state index contributed by atoms with van der Waals surface area (Å²) in [6.45, 7) is 4.53. The van der Waals surface area contributed by atoms with Crippen LogP contribution in [-0.2, 0) is 6.42 Å². The highest BCUT2D eigenvalue weighted by atomic mass is 19.2. The van der Waals surface area contributed by atoms with E-state index in [9.17, 15) is 8.78 Å². The first-order valence-electron chi connectivity index (χ1n) is 12.1. The van der Waals surface area contributed by atoms with Crippen LogP contribution in [0, 0.1) is 23.5 Å². The lowest BCUT2D eigenvalue weighted by Gasteiger charge is -2.28. The van der Waals surface area contributed by atoms with E-state index in [1.165, 1.54) is 63.5 Å². The van der Waals surface area contributed by atoms with Gasteiger partial charge in [-0.1, -0.05) is 65.2 Å². The highest BCUT2D eigenvalue weighted by molar-refractivity contribution is 5.61. The van der Waals surface area contributed by atoms with Gasteiger partial charge in [-0.15, -0.1) is 0 Å². The third kappa shape index (κ3) is 6.72. The molecule has 0 unspecified atom stereocenters. The predicted octanol–water partition coefficient (Wildman–Crippen LogP) is 7.53. The summed E-state index contributed by atoms with van der Waals surface area (Å²) >= 11 is 0. The minimum atomic E-state index is -0.970. The van der Waals surface area contributed by atoms with E-state index in [-0.39, 0.29) is 11.3 Å². The number of unbranched alkanes of at least 4 members (excludes halogenated alkanes) is 2. The van der Waals surface area contributed by atoms with Gasteiger partial charge >= 0.3 is 0 Å². The Morgan fingerprint density at radius 2 is 1.58 bits per heavy atom. The van der Waals surface area contributed by atoms with E-state index in [0.29, 0.717) is 12.3 Å². The molecule has 0 radical (unpaired) electrons. The second kappa shape index (κ2) is 12.1. The summed E-state index contributed by atoms with van der Waals surface area (Å²) in [6.07, 6.45) is 13.6. The number of ether oxygens (including phenoxy) is 1. The van der Waals surface area contributed by atoms with Gasteiger partial charge in [0, 0.05) is 5.56 Å². The summed E-state index contributed by atoms with van der Waals surface area (Å²) in [5, 5.41) is 8.44. The number of nitrogens with zero attached hydrogens (tertiary/aromatic N) is 2. The highest BCUT2D eigenvalue weighted by Crippen LogP contribution is 2.34. The Hall–Kier alpha value is -2.04. The normalized spacial score (nSPS) is 18.8. The number of rotatable bonds is 11. The van der Waals surface area contributed by atoms with Crippen LogP contribution in [0.5, 0.6) is 5.75 Å². The van der Waals surface area contributed by atoms with E-state index < -0.39 is 11.6 Å². The largest absolute Gasteiger partial charge is 0.490 e.